The van der Waals surface area contributed by atoms with Gasteiger partial charge in [-0.05, 0) is 23.8 Å². The van der Waals surface area contributed by atoms with Crippen LogP contribution in [0.3, 0.4) is 0 Å². The van der Waals surface area contributed by atoms with Crippen LogP contribution in [0.5, 0.6) is 0 Å². The van der Waals surface area contributed by atoms with Gasteiger partial charge in [-0.1, -0.05) is 24.3 Å². The maximum atomic E-state index is 12.2. The zero-order valence-corrected chi connectivity index (χ0v) is 11.9. The second-order valence-electron chi connectivity index (χ2n) is 4.75. The molecule has 0 saturated heterocycles. The average Bonchev–Trinajstić information content (AvgIpc) is 2.53. The highest BCUT2D eigenvalue weighted by molar-refractivity contribution is 5.96. The molecule has 22 heavy (non-hydrogen) atoms. The summed E-state index contributed by atoms with van der Waals surface area (Å²) < 4.78 is 0. The molecule has 0 bridgehead atoms. The van der Waals surface area contributed by atoms with Crippen LogP contribution in [0, 0.1) is 0 Å². The second kappa shape index (κ2) is 7.90. The summed E-state index contributed by atoms with van der Waals surface area (Å²) in [5.74, 6) is -1.41. The van der Waals surface area contributed by atoms with Gasteiger partial charge in [0.25, 0.3) is 0 Å². The topological polar surface area (TPSA) is 91.3 Å². The van der Waals surface area contributed by atoms with Crippen molar-refractivity contribution in [3.63, 3.8) is 0 Å². The lowest BCUT2D eigenvalue weighted by molar-refractivity contribution is -0.139. The standard InChI is InChI=1S/C16H17N3O3/c20-15(21)9-14(18-11-12-5-4-8-17-10-12)16(22)19-13-6-2-1-3-7-13/h1-8,10,14,18H,9,11H2,(H,19,22)(H,20,21). The Morgan fingerprint density at radius 2 is 1.91 bits per heavy atom. The van der Waals surface area contributed by atoms with Gasteiger partial charge < -0.3 is 15.7 Å². The smallest absolute Gasteiger partial charge is 0.305 e. The largest absolute Gasteiger partial charge is 0.481 e. The van der Waals surface area contributed by atoms with Gasteiger partial charge in [-0.2, -0.15) is 0 Å². The van der Waals surface area contributed by atoms with Crippen LogP contribution >= 0.6 is 0 Å². The van der Waals surface area contributed by atoms with Crippen LogP contribution in [0.15, 0.2) is 54.9 Å². The Labute approximate surface area is 128 Å². The predicted octanol–water partition coefficient (Wildman–Crippen LogP) is 1.65. The molecule has 1 aromatic carbocycles. The van der Waals surface area contributed by atoms with Crippen LogP contribution in [0.25, 0.3) is 0 Å². The molecule has 2 rings (SSSR count). The van der Waals surface area contributed by atoms with Gasteiger partial charge in [0, 0.05) is 24.6 Å². The average molecular weight is 299 g/mol. The van der Waals surface area contributed by atoms with Crippen LogP contribution < -0.4 is 10.6 Å². The van der Waals surface area contributed by atoms with E-state index in [1.807, 2.05) is 12.1 Å². The minimum atomic E-state index is -1.04. The molecule has 6 nitrogen and oxygen atoms in total. The first-order valence-corrected chi connectivity index (χ1v) is 6.85. The molecule has 0 radical (unpaired) electrons. The van der Waals surface area contributed by atoms with Crippen molar-refractivity contribution in [2.24, 2.45) is 0 Å². The number of nitrogens with one attached hydrogen (secondary N) is 2. The molecule has 0 fully saturated rings. The summed E-state index contributed by atoms with van der Waals surface area (Å²) in [6.07, 6.45) is 3.03. The number of carbonyl (C=O) groups excluding carboxylic acids is 1. The Kier molecular flexibility index (Phi) is 5.62. The zero-order valence-electron chi connectivity index (χ0n) is 11.9. The van der Waals surface area contributed by atoms with Gasteiger partial charge in [0.05, 0.1) is 12.5 Å². The number of nitrogens with zero attached hydrogens (tertiary/aromatic N) is 1. The molecule has 1 heterocycles. The lowest BCUT2D eigenvalue weighted by atomic mass is 10.1. The summed E-state index contributed by atoms with van der Waals surface area (Å²) >= 11 is 0. The summed E-state index contributed by atoms with van der Waals surface area (Å²) in [4.78, 5) is 27.1. The molecule has 3 N–H and O–H groups in total. The number of carbonyl (C=O) groups is 2. The lowest BCUT2D eigenvalue weighted by Crippen LogP contribution is -2.41. The molecule has 0 aliphatic rings. The number of carboxylic acids is 1. The van der Waals surface area contributed by atoms with Gasteiger partial charge in [-0.15, -0.1) is 0 Å². The van der Waals surface area contributed by atoms with Gasteiger partial charge in [-0.3, -0.25) is 14.6 Å². The number of benzene rings is 1. The van der Waals surface area contributed by atoms with Crippen molar-refractivity contribution in [2.45, 2.75) is 19.0 Å². The van der Waals surface area contributed by atoms with E-state index >= 15 is 0 Å². The van der Waals surface area contributed by atoms with Gasteiger partial charge in [0.1, 0.15) is 0 Å². The highest BCUT2D eigenvalue weighted by atomic mass is 16.4. The number of carboxylic acid groups (broad SMARTS) is 1. The molecule has 0 aliphatic heterocycles. The number of anilines is 1. The predicted molar refractivity (Wildman–Crippen MR) is 82.2 cm³/mol. The molecular weight excluding hydrogens is 282 g/mol. The van der Waals surface area contributed by atoms with E-state index in [2.05, 4.69) is 15.6 Å². The maximum Gasteiger partial charge on any atom is 0.305 e. The first-order valence-electron chi connectivity index (χ1n) is 6.85. The third kappa shape index (κ3) is 4.99. The summed E-state index contributed by atoms with van der Waals surface area (Å²) in [7, 11) is 0. The molecule has 1 atom stereocenters. The number of amides is 1. The highest BCUT2D eigenvalue weighted by Gasteiger charge is 2.21. The van der Waals surface area contributed by atoms with Crippen molar-refractivity contribution in [2.75, 3.05) is 5.32 Å². The quantitative estimate of drug-likeness (QED) is 0.723. The number of hydrogen-bond donors (Lipinski definition) is 3. The molecule has 1 aromatic heterocycles. The van der Waals surface area contributed by atoms with E-state index in [0.29, 0.717) is 12.2 Å². The van der Waals surface area contributed by atoms with Crippen molar-refractivity contribution >= 4 is 17.6 Å². The normalized spacial score (nSPS) is 11.6. The first-order chi connectivity index (χ1) is 10.6. The van der Waals surface area contributed by atoms with Crippen LogP contribution in [0.2, 0.25) is 0 Å². The van der Waals surface area contributed by atoms with Crippen molar-refractivity contribution in [1.29, 1.82) is 0 Å². The van der Waals surface area contributed by atoms with E-state index < -0.39 is 12.0 Å². The fraction of sp³-hybridized carbons (Fsp3) is 0.188. The summed E-state index contributed by atoms with van der Waals surface area (Å²) in [6, 6.07) is 11.7. The molecule has 6 heteroatoms. The zero-order chi connectivity index (χ0) is 15.8. The van der Waals surface area contributed by atoms with Crippen molar-refractivity contribution < 1.29 is 14.7 Å². The SMILES string of the molecule is O=C(O)CC(NCc1cccnc1)C(=O)Nc1ccccc1. The van der Waals surface area contributed by atoms with Crippen LogP contribution in [0.4, 0.5) is 5.69 Å². The Morgan fingerprint density at radius 3 is 2.55 bits per heavy atom. The maximum absolute atomic E-state index is 12.2. The molecule has 0 aliphatic carbocycles. The number of pyridine rings is 1. The number of hydrogen-bond acceptors (Lipinski definition) is 4. The molecule has 1 unspecified atom stereocenters. The van der Waals surface area contributed by atoms with Gasteiger partial charge in [-0.25, -0.2) is 0 Å². The molecule has 114 valence electrons. The minimum absolute atomic E-state index is 0.293. The van der Waals surface area contributed by atoms with Crippen molar-refractivity contribution in [3.8, 4) is 0 Å². The van der Waals surface area contributed by atoms with Crippen molar-refractivity contribution in [1.82, 2.24) is 10.3 Å². The number of aliphatic carboxylic acids is 1. The summed E-state index contributed by atoms with van der Waals surface area (Å²) in [5, 5.41) is 14.6. The lowest BCUT2D eigenvalue weighted by Gasteiger charge is -2.16. The van der Waals surface area contributed by atoms with Crippen molar-refractivity contribution in [3.05, 3.63) is 60.4 Å². The van der Waals surface area contributed by atoms with Crippen LogP contribution in [0.1, 0.15) is 12.0 Å². The monoisotopic (exact) mass is 299 g/mol. The third-order valence-corrected chi connectivity index (χ3v) is 3.01. The summed E-state index contributed by atoms with van der Waals surface area (Å²) in [5.41, 5.74) is 1.51. The fourth-order valence-corrected chi connectivity index (χ4v) is 1.93. The number of rotatable bonds is 7. The van der Waals surface area contributed by atoms with E-state index in [0.717, 1.165) is 5.56 Å². The van der Waals surface area contributed by atoms with E-state index in [-0.39, 0.29) is 12.3 Å². The van der Waals surface area contributed by atoms with E-state index in [1.165, 1.54) is 0 Å². The minimum Gasteiger partial charge on any atom is -0.481 e. The summed E-state index contributed by atoms with van der Waals surface area (Å²) in [6.45, 7) is 0.369. The van der Waals surface area contributed by atoms with E-state index in [4.69, 9.17) is 5.11 Å². The Bertz CT molecular complexity index is 617. The van der Waals surface area contributed by atoms with Crippen LogP contribution in [-0.4, -0.2) is 28.0 Å². The molecule has 1 amide bonds. The Balaban J connectivity index is 1.98. The first kappa shape index (κ1) is 15.7. The Hall–Kier alpha value is -2.73. The third-order valence-electron chi connectivity index (χ3n) is 3.01. The molecular formula is C16H17N3O3. The fourth-order valence-electron chi connectivity index (χ4n) is 1.93. The van der Waals surface area contributed by atoms with Crippen LogP contribution in [-0.2, 0) is 16.1 Å². The van der Waals surface area contributed by atoms with E-state index in [1.54, 1.807) is 42.7 Å². The van der Waals surface area contributed by atoms with Gasteiger partial charge in [0.15, 0.2) is 0 Å². The number of aromatic nitrogens is 1. The second-order valence-corrected chi connectivity index (χ2v) is 4.75. The number of para-hydroxylation sites is 1. The van der Waals surface area contributed by atoms with Gasteiger partial charge >= 0.3 is 5.97 Å². The molecule has 2 aromatic rings. The van der Waals surface area contributed by atoms with E-state index in [9.17, 15) is 9.59 Å². The highest BCUT2D eigenvalue weighted by Crippen LogP contribution is 2.07. The van der Waals surface area contributed by atoms with Gasteiger partial charge in [0.2, 0.25) is 5.91 Å². The molecule has 0 spiro atoms. The molecule has 0 saturated carbocycles. The Morgan fingerprint density at radius 1 is 1.14 bits per heavy atom.